The SMILES string of the molecule is CCC(N)CCON=C(N)N. The van der Waals surface area contributed by atoms with Gasteiger partial charge in [-0.05, 0) is 18.0 Å². The number of guanidine groups is 1. The van der Waals surface area contributed by atoms with E-state index >= 15 is 0 Å². The van der Waals surface area contributed by atoms with Crippen LogP contribution in [0.15, 0.2) is 5.16 Å². The third kappa shape index (κ3) is 6.92. The van der Waals surface area contributed by atoms with Crippen molar-refractivity contribution in [1.82, 2.24) is 0 Å². The zero-order valence-corrected chi connectivity index (χ0v) is 6.79. The molecule has 5 nitrogen and oxygen atoms in total. The van der Waals surface area contributed by atoms with Crippen LogP contribution >= 0.6 is 0 Å². The lowest BCUT2D eigenvalue weighted by atomic mass is 10.2. The molecular weight excluding hydrogens is 144 g/mol. The van der Waals surface area contributed by atoms with Crippen LogP contribution in [0.25, 0.3) is 0 Å². The Morgan fingerprint density at radius 2 is 2.18 bits per heavy atom. The van der Waals surface area contributed by atoms with Crippen LogP contribution in [-0.4, -0.2) is 18.6 Å². The maximum atomic E-state index is 5.60. The van der Waals surface area contributed by atoms with Gasteiger partial charge in [0.25, 0.3) is 0 Å². The molecule has 1 unspecified atom stereocenters. The normalized spacial score (nSPS) is 12.2. The fraction of sp³-hybridized carbons (Fsp3) is 0.833. The molecule has 0 aromatic rings. The van der Waals surface area contributed by atoms with Gasteiger partial charge in [0.05, 0.1) is 0 Å². The van der Waals surface area contributed by atoms with E-state index in [0.29, 0.717) is 6.61 Å². The summed E-state index contributed by atoms with van der Waals surface area (Å²) in [4.78, 5) is 4.73. The van der Waals surface area contributed by atoms with Crippen molar-refractivity contribution in [3.05, 3.63) is 0 Å². The first-order chi connectivity index (χ1) is 5.16. The number of hydrogen-bond donors (Lipinski definition) is 3. The molecule has 5 heteroatoms. The minimum absolute atomic E-state index is 0.0601. The standard InChI is InChI=1S/C6H16N4O/c1-2-5(7)3-4-11-10-6(8)9/h5H,2-4,7H2,1H3,(H4,8,9,10). The fourth-order valence-corrected chi connectivity index (χ4v) is 0.528. The van der Waals surface area contributed by atoms with Gasteiger partial charge < -0.3 is 22.0 Å². The minimum Gasteiger partial charge on any atom is -0.393 e. The molecular formula is C6H16N4O. The second kappa shape index (κ2) is 5.79. The molecule has 0 radical (unpaired) electrons. The summed E-state index contributed by atoms with van der Waals surface area (Å²) in [6, 6.07) is 0.171. The average molecular weight is 160 g/mol. The Labute approximate surface area is 66.5 Å². The predicted octanol–water partition coefficient (Wildman–Crippen LogP) is -0.681. The number of hydrogen-bond acceptors (Lipinski definition) is 3. The maximum absolute atomic E-state index is 5.60. The van der Waals surface area contributed by atoms with Crippen LogP contribution in [0.2, 0.25) is 0 Å². The molecule has 6 N–H and O–H groups in total. The molecule has 0 heterocycles. The van der Waals surface area contributed by atoms with E-state index < -0.39 is 0 Å². The molecule has 0 saturated heterocycles. The van der Waals surface area contributed by atoms with Crippen molar-refractivity contribution in [2.24, 2.45) is 22.4 Å². The summed E-state index contributed by atoms with van der Waals surface area (Å²) in [5, 5.41) is 3.35. The number of rotatable bonds is 5. The van der Waals surface area contributed by atoms with E-state index in [-0.39, 0.29) is 12.0 Å². The van der Waals surface area contributed by atoms with Crippen molar-refractivity contribution in [2.45, 2.75) is 25.8 Å². The van der Waals surface area contributed by atoms with Gasteiger partial charge in [0.2, 0.25) is 5.96 Å². The zero-order chi connectivity index (χ0) is 8.69. The largest absolute Gasteiger partial charge is 0.393 e. The van der Waals surface area contributed by atoms with Crippen LogP contribution in [0.4, 0.5) is 0 Å². The van der Waals surface area contributed by atoms with Crippen molar-refractivity contribution in [3.8, 4) is 0 Å². The highest BCUT2D eigenvalue weighted by molar-refractivity contribution is 5.74. The summed E-state index contributed by atoms with van der Waals surface area (Å²) < 4.78 is 0. The van der Waals surface area contributed by atoms with Crippen molar-refractivity contribution in [1.29, 1.82) is 0 Å². The van der Waals surface area contributed by atoms with Crippen LogP contribution in [-0.2, 0) is 4.84 Å². The van der Waals surface area contributed by atoms with Crippen LogP contribution in [0, 0.1) is 0 Å². The Kier molecular flexibility index (Phi) is 5.28. The summed E-state index contributed by atoms with van der Waals surface area (Å²) >= 11 is 0. The summed E-state index contributed by atoms with van der Waals surface area (Å²) in [7, 11) is 0. The van der Waals surface area contributed by atoms with Gasteiger partial charge >= 0.3 is 0 Å². The highest BCUT2D eigenvalue weighted by Gasteiger charge is 1.97. The lowest BCUT2D eigenvalue weighted by molar-refractivity contribution is 0.135. The number of nitrogens with two attached hydrogens (primary N) is 3. The fourth-order valence-electron chi connectivity index (χ4n) is 0.528. The Morgan fingerprint density at radius 3 is 2.64 bits per heavy atom. The van der Waals surface area contributed by atoms with Gasteiger partial charge in [0, 0.05) is 6.04 Å². The van der Waals surface area contributed by atoms with E-state index in [9.17, 15) is 0 Å². The minimum atomic E-state index is -0.0601. The molecule has 1 atom stereocenters. The lowest BCUT2D eigenvalue weighted by Gasteiger charge is -2.05. The number of oxime groups is 1. The Hall–Kier alpha value is -0.970. The smallest absolute Gasteiger partial charge is 0.228 e. The van der Waals surface area contributed by atoms with Gasteiger partial charge in [-0.25, -0.2) is 0 Å². The predicted molar refractivity (Wildman–Crippen MR) is 44.6 cm³/mol. The van der Waals surface area contributed by atoms with Gasteiger partial charge in [0.1, 0.15) is 6.61 Å². The molecule has 66 valence electrons. The van der Waals surface area contributed by atoms with E-state index in [1.54, 1.807) is 0 Å². The van der Waals surface area contributed by atoms with Crippen molar-refractivity contribution < 1.29 is 4.84 Å². The maximum Gasteiger partial charge on any atom is 0.228 e. The second-order valence-corrected chi connectivity index (χ2v) is 2.31. The molecule has 0 aliphatic carbocycles. The van der Waals surface area contributed by atoms with E-state index in [0.717, 1.165) is 12.8 Å². The highest BCUT2D eigenvalue weighted by atomic mass is 16.6. The lowest BCUT2D eigenvalue weighted by Crippen LogP contribution is -2.24. The molecule has 0 amide bonds. The molecule has 0 spiro atoms. The second-order valence-electron chi connectivity index (χ2n) is 2.31. The molecule has 0 aliphatic heterocycles. The van der Waals surface area contributed by atoms with Crippen LogP contribution in [0.5, 0.6) is 0 Å². The van der Waals surface area contributed by atoms with E-state index in [4.69, 9.17) is 22.0 Å². The molecule has 0 aromatic heterocycles. The topological polar surface area (TPSA) is 99.6 Å². The summed E-state index contributed by atoms with van der Waals surface area (Å²) in [5.74, 6) is -0.0601. The van der Waals surface area contributed by atoms with Gasteiger partial charge in [-0.15, -0.1) is 0 Å². The molecule has 0 aliphatic rings. The van der Waals surface area contributed by atoms with Gasteiger partial charge in [-0.3, -0.25) is 0 Å². The summed E-state index contributed by atoms with van der Waals surface area (Å²) in [6.45, 7) is 2.48. The Bertz CT molecular complexity index is 122. The molecule has 0 aromatic carbocycles. The zero-order valence-electron chi connectivity index (χ0n) is 6.79. The summed E-state index contributed by atoms with van der Waals surface area (Å²) in [5.41, 5.74) is 15.6. The van der Waals surface area contributed by atoms with Gasteiger partial charge in [-0.2, -0.15) is 0 Å². The van der Waals surface area contributed by atoms with Crippen molar-refractivity contribution >= 4 is 5.96 Å². The van der Waals surface area contributed by atoms with Crippen LogP contribution in [0.3, 0.4) is 0 Å². The molecule has 0 rings (SSSR count). The monoisotopic (exact) mass is 160 g/mol. The van der Waals surface area contributed by atoms with E-state index in [2.05, 4.69) is 5.16 Å². The quantitative estimate of drug-likeness (QED) is 0.215. The van der Waals surface area contributed by atoms with Gasteiger partial charge in [-0.1, -0.05) is 6.92 Å². The van der Waals surface area contributed by atoms with Crippen molar-refractivity contribution in [2.75, 3.05) is 6.61 Å². The molecule has 0 saturated carbocycles. The average Bonchev–Trinajstić information content (AvgIpc) is 1.97. The third-order valence-corrected chi connectivity index (χ3v) is 1.27. The third-order valence-electron chi connectivity index (χ3n) is 1.27. The Morgan fingerprint density at radius 1 is 1.55 bits per heavy atom. The van der Waals surface area contributed by atoms with Crippen LogP contribution in [0.1, 0.15) is 19.8 Å². The van der Waals surface area contributed by atoms with Crippen molar-refractivity contribution in [3.63, 3.8) is 0 Å². The first-order valence-corrected chi connectivity index (χ1v) is 3.63. The Balaban J connectivity index is 3.21. The van der Waals surface area contributed by atoms with Gasteiger partial charge in [0.15, 0.2) is 0 Å². The highest BCUT2D eigenvalue weighted by Crippen LogP contribution is 1.93. The molecule has 0 bridgehead atoms. The number of nitrogens with zero attached hydrogens (tertiary/aromatic N) is 1. The van der Waals surface area contributed by atoms with Crippen LogP contribution < -0.4 is 17.2 Å². The molecule has 0 fully saturated rings. The first-order valence-electron chi connectivity index (χ1n) is 3.63. The van der Waals surface area contributed by atoms with E-state index in [1.807, 2.05) is 6.92 Å². The molecule has 11 heavy (non-hydrogen) atoms. The summed E-state index contributed by atoms with van der Waals surface area (Å²) in [6.07, 6.45) is 1.71. The first kappa shape index (κ1) is 10.0. The van der Waals surface area contributed by atoms with E-state index in [1.165, 1.54) is 0 Å².